The van der Waals surface area contributed by atoms with Crippen LogP contribution < -0.4 is 4.72 Å². The summed E-state index contributed by atoms with van der Waals surface area (Å²) >= 11 is 0. The molecule has 0 fully saturated rings. The van der Waals surface area contributed by atoms with Crippen LogP contribution in [0.1, 0.15) is 41.1 Å². The van der Waals surface area contributed by atoms with Gasteiger partial charge in [-0.15, -0.1) is 0 Å². The molecule has 28 heavy (non-hydrogen) atoms. The molecule has 3 aromatic rings. The number of ether oxygens (including phenoxy) is 1. The maximum atomic E-state index is 12.8. The Kier molecular flexibility index (Phi) is 5.21. The minimum Gasteiger partial charge on any atom is -0.460 e. The molecule has 148 valence electrons. The first-order valence-corrected chi connectivity index (χ1v) is 10.4. The first kappa shape index (κ1) is 19.9. The van der Waals surface area contributed by atoms with Gasteiger partial charge in [0.15, 0.2) is 0 Å². The van der Waals surface area contributed by atoms with Gasteiger partial charge >= 0.3 is 5.97 Å². The van der Waals surface area contributed by atoms with Crippen LogP contribution >= 0.6 is 0 Å². The lowest BCUT2D eigenvalue weighted by molar-refractivity contribution is 0.0378. The second kappa shape index (κ2) is 7.31. The number of carbonyl (C=O) groups excluding carboxylic acids is 1. The van der Waals surface area contributed by atoms with Gasteiger partial charge in [0.2, 0.25) is 0 Å². The average molecular weight is 401 g/mol. The molecule has 0 bridgehead atoms. The third kappa shape index (κ3) is 3.89. The van der Waals surface area contributed by atoms with Crippen molar-refractivity contribution < 1.29 is 22.4 Å². The Balaban J connectivity index is 2.01. The highest BCUT2D eigenvalue weighted by Gasteiger charge is 2.22. The highest BCUT2D eigenvalue weighted by molar-refractivity contribution is 7.92. The summed E-state index contributed by atoms with van der Waals surface area (Å²) in [6.07, 6.45) is -0.275. The molecule has 0 atom stereocenters. The molecule has 0 saturated carbocycles. The number of hydrogen-bond donors (Lipinski definition) is 1. The fourth-order valence-corrected chi connectivity index (χ4v) is 4.40. The standard InChI is InChI=1S/C21H23NO5S/c1-12(2)26-21(23)20-15(5)27-18-8-7-16(11-17(18)20)22-28(24,25)19-9-6-13(3)10-14(19)4/h6-12,22H,1-5H3. The van der Waals surface area contributed by atoms with Crippen molar-refractivity contribution in [1.29, 1.82) is 0 Å². The van der Waals surface area contributed by atoms with E-state index in [1.54, 1.807) is 58.0 Å². The van der Waals surface area contributed by atoms with E-state index in [4.69, 9.17) is 9.15 Å². The van der Waals surface area contributed by atoms with Crippen molar-refractivity contribution in [2.24, 2.45) is 0 Å². The number of benzene rings is 2. The molecule has 1 aromatic heterocycles. The summed E-state index contributed by atoms with van der Waals surface area (Å²) in [7, 11) is -3.77. The van der Waals surface area contributed by atoms with Crippen LogP contribution in [0.2, 0.25) is 0 Å². The van der Waals surface area contributed by atoms with Crippen LogP contribution in [0, 0.1) is 20.8 Å². The van der Waals surface area contributed by atoms with Crippen molar-refractivity contribution in [1.82, 2.24) is 0 Å². The van der Waals surface area contributed by atoms with Gasteiger partial charge in [0, 0.05) is 11.1 Å². The predicted octanol–water partition coefficient (Wildman–Crippen LogP) is 4.72. The largest absolute Gasteiger partial charge is 0.460 e. The number of esters is 1. The van der Waals surface area contributed by atoms with E-state index in [1.165, 1.54) is 0 Å². The summed E-state index contributed by atoms with van der Waals surface area (Å²) in [5.41, 5.74) is 2.78. The van der Waals surface area contributed by atoms with Crippen LogP contribution in [0.5, 0.6) is 0 Å². The molecular weight excluding hydrogens is 378 g/mol. The number of carbonyl (C=O) groups is 1. The maximum Gasteiger partial charge on any atom is 0.342 e. The predicted molar refractivity (Wildman–Crippen MR) is 108 cm³/mol. The van der Waals surface area contributed by atoms with Gasteiger partial charge in [-0.3, -0.25) is 4.72 Å². The van der Waals surface area contributed by atoms with E-state index in [1.807, 2.05) is 13.0 Å². The molecule has 6 nitrogen and oxygen atoms in total. The minimum absolute atomic E-state index is 0.209. The van der Waals surface area contributed by atoms with E-state index in [0.717, 1.165) is 5.56 Å². The first-order chi connectivity index (χ1) is 13.1. The quantitative estimate of drug-likeness (QED) is 0.625. The van der Waals surface area contributed by atoms with Gasteiger partial charge in [-0.1, -0.05) is 17.7 Å². The number of furan rings is 1. The Hall–Kier alpha value is -2.80. The molecule has 3 rings (SSSR count). The number of fused-ring (bicyclic) bond motifs is 1. The zero-order valence-corrected chi connectivity index (χ0v) is 17.3. The molecule has 0 saturated heterocycles. The van der Waals surface area contributed by atoms with Crippen molar-refractivity contribution >= 4 is 32.6 Å². The Bertz CT molecular complexity index is 1160. The fourth-order valence-electron chi connectivity index (χ4n) is 3.12. The molecule has 0 amide bonds. The SMILES string of the molecule is Cc1ccc(S(=O)(=O)Nc2ccc3oc(C)c(C(=O)OC(C)C)c3c2)c(C)c1. The summed E-state index contributed by atoms with van der Waals surface area (Å²) in [6.45, 7) is 8.86. The average Bonchev–Trinajstić information content (AvgIpc) is 2.88. The third-order valence-corrected chi connectivity index (χ3v) is 5.82. The molecule has 0 spiro atoms. The lowest BCUT2D eigenvalue weighted by atomic mass is 10.1. The normalized spacial score (nSPS) is 11.8. The second-order valence-corrected chi connectivity index (χ2v) is 8.72. The van der Waals surface area contributed by atoms with Crippen molar-refractivity contribution in [3.05, 3.63) is 58.8 Å². The van der Waals surface area contributed by atoms with Gasteiger partial charge in [-0.05, 0) is 64.4 Å². The van der Waals surface area contributed by atoms with Crippen LogP contribution in [-0.4, -0.2) is 20.5 Å². The molecule has 7 heteroatoms. The van der Waals surface area contributed by atoms with Gasteiger partial charge < -0.3 is 9.15 Å². The number of rotatable bonds is 5. The van der Waals surface area contributed by atoms with E-state index in [-0.39, 0.29) is 11.0 Å². The molecule has 1 heterocycles. The summed E-state index contributed by atoms with van der Waals surface area (Å²) in [4.78, 5) is 12.6. The zero-order chi connectivity index (χ0) is 20.6. The number of nitrogens with one attached hydrogen (secondary N) is 1. The van der Waals surface area contributed by atoms with Crippen LogP contribution in [0.15, 0.2) is 45.7 Å². The Morgan fingerprint density at radius 1 is 1.07 bits per heavy atom. The number of anilines is 1. The lowest BCUT2D eigenvalue weighted by Crippen LogP contribution is -2.14. The molecule has 0 unspecified atom stereocenters. The summed E-state index contributed by atoms with van der Waals surface area (Å²) in [6, 6.07) is 9.97. The van der Waals surface area contributed by atoms with Crippen molar-refractivity contribution in [2.45, 2.75) is 45.6 Å². The smallest absolute Gasteiger partial charge is 0.342 e. The fraction of sp³-hybridized carbons (Fsp3) is 0.286. The molecular formula is C21H23NO5S. The van der Waals surface area contributed by atoms with Crippen LogP contribution in [0.3, 0.4) is 0 Å². The van der Waals surface area contributed by atoms with E-state index in [0.29, 0.717) is 33.5 Å². The summed E-state index contributed by atoms with van der Waals surface area (Å²) in [5, 5.41) is 0.504. The van der Waals surface area contributed by atoms with Gasteiger partial charge in [0.1, 0.15) is 16.9 Å². The summed E-state index contributed by atoms with van der Waals surface area (Å²) < 4.78 is 39.1. The molecule has 2 aromatic carbocycles. The molecule has 1 N–H and O–H groups in total. The molecule has 0 radical (unpaired) electrons. The van der Waals surface area contributed by atoms with Gasteiger partial charge in [0.25, 0.3) is 10.0 Å². The Morgan fingerprint density at radius 2 is 1.79 bits per heavy atom. The monoisotopic (exact) mass is 401 g/mol. The van der Waals surface area contributed by atoms with Crippen LogP contribution in [0.25, 0.3) is 11.0 Å². The second-order valence-electron chi connectivity index (χ2n) is 7.07. The third-order valence-electron chi connectivity index (χ3n) is 4.28. The van der Waals surface area contributed by atoms with Gasteiger partial charge in [-0.2, -0.15) is 0 Å². The first-order valence-electron chi connectivity index (χ1n) is 8.92. The minimum atomic E-state index is -3.77. The van der Waals surface area contributed by atoms with E-state index in [9.17, 15) is 13.2 Å². The maximum absolute atomic E-state index is 12.8. The van der Waals surface area contributed by atoms with Gasteiger partial charge in [0.05, 0.1) is 11.0 Å². The molecule has 0 aliphatic heterocycles. The lowest BCUT2D eigenvalue weighted by Gasteiger charge is -2.11. The highest BCUT2D eigenvalue weighted by Crippen LogP contribution is 2.30. The highest BCUT2D eigenvalue weighted by atomic mass is 32.2. The Labute approximate surface area is 164 Å². The zero-order valence-electron chi connectivity index (χ0n) is 16.5. The summed E-state index contributed by atoms with van der Waals surface area (Å²) in [5.74, 6) is -0.0735. The van der Waals surface area contributed by atoms with Crippen molar-refractivity contribution in [3.8, 4) is 0 Å². The Morgan fingerprint density at radius 3 is 2.43 bits per heavy atom. The van der Waals surface area contributed by atoms with Crippen LogP contribution in [0.4, 0.5) is 5.69 Å². The molecule has 0 aliphatic rings. The van der Waals surface area contributed by atoms with Crippen molar-refractivity contribution in [2.75, 3.05) is 4.72 Å². The number of aryl methyl sites for hydroxylation is 3. The molecule has 0 aliphatic carbocycles. The van der Waals surface area contributed by atoms with E-state index >= 15 is 0 Å². The van der Waals surface area contributed by atoms with Gasteiger partial charge in [-0.25, -0.2) is 13.2 Å². The van der Waals surface area contributed by atoms with Crippen LogP contribution in [-0.2, 0) is 14.8 Å². The van der Waals surface area contributed by atoms with E-state index < -0.39 is 16.0 Å². The van der Waals surface area contributed by atoms with E-state index in [2.05, 4.69) is 4.72 Å². The topological polar surface area (TPSA) is 85.6 Å². The number of hydrogen-bond acceptors (Lipinski definition) is 5. The number of sulfonamides is 1. The van der Waals surface area contributed by atoms with Crippen molar-refractivity contribution in [3.63, 3.8) is 0 Å².